The van der Waals surface area contributed by atoms with Crippen LogP contribution in [0.4, 0.5) is 13.2 Å². The molecular weight excluding hydrogens is 319 g/mol. The summed E-state index contributed by atoms with van der Waals surface area (Å²) in [6.45, 7) is 0. The number of carboxylic acids is 1. The van der Waals surface area contributed by atoms with Crippen molar-refractivity contribution in [2.45, 2.75) is 0 Å². The molecule has 0 saturated heterocycles. The van der Waals surface area contributed by atoms with Gasteiger partial charge >= 0.3 is 5.97 Å². The number of halogens is 4. The second kappa shape index (κ2) is 4.45. The zero-order chi connectivity index (χ0) is 13.4. The van der Waals surface area contributed by atoms with Gasteiger partial charge in [-0.3, -0.25) is 0 Å². The number of hydrogen-bond acceptors (Lipinski definition) is 3. The van der Waals surface area contributed by atoms with Crippen LogP contribution in [0.25, 0.3) is 11.3 Å². The third kappa shape index (κ3) is 1.99. The Kier molecular flexibility index (Phi) is 3.12. The van der Waals surface area contributed by atoms with Crippen molar-refractivity contribution >= 4 is 21.9 Å². The fraction of sp³-hybridized carbons (Fsp3) is 0. The normalized spacial score (nSPS) is 10.7. The van der Waals surface area contributed by atoms with E-state index in [0.717, 1.165) is 12.1 Å². The maximum Gasteiger partial charge on any atom is 0.358 e. The monoisotopic (exact) mass is 321 g/mol. The second-order valence-corrected chi connectivity index (χ2v) is 4.08. The highest BCUT2D eigenvalue weighted by Gasteiger charge is 2.22. The molecule has 2 aromatic rings. The van der Waals surface area contributed by atoms with Gasteiger partial charge in [0.15, 0.2) is 28.9 Å². The van der Waals surface area contributed by atoms with E-state index in [1.807, 2.05) is 0 Å². The number of nitrogens with zero attached hydrogens (tertiary/aromatic N) is 1. The van der Waals surface area contributed by atoms with Gasteiger partial charge in [0, 0.05) is 6.07 Å². The molecule has 4 nitrogen and oxygen atoms in total. The number of hydrogen-bond donors (Lipinski definition) is 1. The van der Waals surface area contributed by atoms with Crippen molar-refractivity contribution in [1.29, 1.82) is 0 Å². The first-order valence-corrected chi connectivity index (χ1v) is 5.24. The molecule has 0 aliphatic rings. The molecule has 1 N–H and O–H groups in total. The van der Waals surface area contributed by atoms with Crippen LogP contribution in [0.3, 0.4) is 0 Å². The number of rotatable bonds is 2. The Morgan fingerprint density at radius 2 is 1.89 bits per heavy atom. The highest BCUT2D eigenvalue weighted by molar-refractivity contribution is 9.10. The SMILES string of the molecule is O=C(O)c1cc(-c2cc(Br)c(F)c(F)c2F)on1. The fourth-order valence-corrected chi connectivity index (χ4v) is 1.66. The van der Waals surface area contributed by atoms with E-state index in [9.17, 15) is 18.0 Å². The van der Waals surface area contributed by atoms with E-state index in [2.05, 4.69) is 25.6 Å². The minimum Gasteiger partial charge on any atom is -0.476 e. The van der Waals surface area contributed by atoms with Crippen LogP contribution in [-0.2, 0) is 0 Å². The Morgan fingerprint density at radius 1 is 1.22 bits per heavy atom. The summed E-state index contributed by atoms with van der Waals surface area (Å²) in [5.41, 5.74) is -0.897. The third-order valence-electron chi connectivity index (χ3n) is 2.10. The topological polar surface area (TPSA) is 63.3 Å². The van der Waals surface area contributed by atoms with Crippen molar-refractivity contribution in [2.24, 2.45) is 0 Å². The molecule has 94 valence electrons. The van der Waals surface area contributed by atoms with Crippen molar-refractivity contribution < 1.29 is 27.6 Å². The summed E-state index contributed by atoms with van der Waals surface area (Å²) in [5, 5.41) is 11.8. The smallest absolute Gasteiger partial charge is 0.358 e. The molecule has 0 aliphatic heterocycles. The van der Waals surface area contributed by atoms with Gasteiger partial charge in [-0.25, -0.2) is 18.0 Å². The average molecular weight is 322 g/mol. The molecule has 1 heterocycles. The van der Waals surface area contributed by atoms with Gasteiger partial charge < -0.3 is 9.63 Å². The lowest BCUT2D eigenvalue weighted by atomic mass is 10.1. The largest absolute Gasteiger partial charge is 0.476 e. The van der Waals surface area contributed by atoms with Crippen LogP contribution in [0.5, 0.6) is 0 Å². The highest BCUT2D eigenvalue weighted by atomic mass is 79.9. The summed E-state index contributed by atoms with van der Waals surface area (Å²) in [7, 11) is 0. The van der Waals surface area contributed by atoms with Crippen molar-refractivity contribution in [3.05, 3.63) is 39.8 Å². The van der Waals surface area contributed by atoms with Crippen LogP contribution >= 0.6 is 15.9 Å². The summed E-state index contributed by atoms with van der Waals surface area (Å²) in [6, 6.07) is 1.84. The van der Waals surface area contributed by atoms with Crippen molar-refractivity contribution in [3.63, 3.8) is 0 Å². The number of aromatic nitrogens is 1. The zero-order valence-corrected chi connectivity index (χ0v) is 9.96. The lowest BCUT2D eigenvalue weighted by molar-refractivity contribution is 0.0686. The summed E-state index contributed by atoms with van der Waals surface area (Å²) in [5.74, 6) is -6.25. The van der Waals surface area contributed by atoms with E-state index in [4.69, 9.17) is 5.11 Å². The van der Waals surface area contributed by atoms with E-state index >= 15 is 0 Å². The molecule has 1 aromatic carbocycles. The standard InChI is InChI=1S/C10H3BrF3NO3/c11-4-1-3(7(12)9(14)8(4)13)6-2-5(10(16)17)15-18-6/h1-2H,(H,16,17). The number of carbonyl (C=O) groups is 1. The second-order valence-electron chi connectivity index (χ2n) is 3.23. The van der Waals surface area contributed by atoms with Gasteiger partial charge in [-0.15, -0.1) is 0 Å². The maximum atomic E-state index is 13.5. The Labute approximate surface area is 106 Å². The van der Waals surface area contributed by atoms with Crippen LogP contribution in [0, 0.1) is 17.5 Å². The molecule has 0 atom stereocenters. The van der Waals surface area contributed by atoms with Crippen LogP contribution in [-0.4, -0.2) is 16.2 Å². The molecular formula is C10H3BrF3NO3. The summed E-state index contributed by atoms with van der Waals surface area (Å²) in [4.78, 5) is 10.6. The maximum absolute atomic E-state index is 13.5. The third-order valence-corrected chi connectivity index (χ3v) is 2.67. The lowest BCUT2D eigenvalue weighted by Gasteiger charge is -2.02. The molecule has 8 heteroatoms. The first-order valence-electron chi connectivity index (χ1n) is 4.45. The first-order chi connectivity index (χ1) is 8.41. The van der Waals surface area contributed by atoms with Gasteiger partial charge in [-0.2, -0.15) is 0 Å². The minimum absolute atomic E-state index is 0.315. The van der Waals surface area contributed by atoms with Crippen molar-refractivity contribution in [2.75, 3.05) is 0 Å². The van der Waals surface area contributed by atoms with E-state index < -0.39 is 34.7 Å². The zero-order valence-electron chi connectivity index (χ0n) is 8.38. The van der Waals surface area contributed by atoms with E-state index in [0.29, 0.717) is 0 Å². The Bertz CT molecular complexity index is 642. The van der Waals surface area contributed by atoms with Crippen molar-refractivity contribution in [3.8, 4) is 11.3 Å². The molecule has 0 radical (unpaired) electrons. The van der Waals surface area contributed by atoms with Crippen LogP contribution in [0.1, 0.15) is 10.5 Å². The van der Waals surface area contributed by atoms with Crippen LogP contribution < -0.4 is 0 Å². The van der Waals surface area contributed by atoms with Gasteiger partial charge in [0.05, 0.1) is 10.0 Å². The average Bonchev–Trinajstić information content (AvgIpc) is 2.80. The molecule has 0 aliphatic carbocycles. The molecule has 0 saturated carbocycles. The fourth-order valence-electron chi connectivity index (χ4n) is 1.26. The van der Waals surface area contributed by atoms with Gasteiger partial charge in [0.25, 0.3) is 0 Å². The molecule has 0 unspecified atom stereocenters. The summed E-state index contributed by atoms with van der Waals surface area (Å²) in [6.07, 6.45) is 0. The molecule has 0 fully saturated rings. The number of benzene rings is 1. The van der Waals surface area contributed by atoms with Crippen LogP contribution in [0.2, 0.25) is 0 Å². The Morgan fingerprint density at radius 3 is 2.44 bits per heavy atom. The Hall–Kier alpha value is -1.83. The van der Waals surface area contributed by atoms with Crippen molar-refractivity contribution in [1.82, 2.24) is 5.16 Å². The number of carboxylic acid groups (broad SMARTS) is 1. The minimum atomic E-state index is -1.69. The van der Waals surface area contributed by atoms with Crippen LogP contribution in [0.15, 0.2) is 21.1 Å². The predicted octanol–water partition coefficient (Wildman–Crippen LogP) is 3.22. The van der Waals surface area contributed by atoms with Gasteiger partial charge in [-0.05, 0) is 22.0 Å². The van der Waals surface area contributed by atoms with Gasteiger partial charge in [0.2, 0.25) is 0 Å². The highest BCUT2D eigenvalue weighted by Crippen LogP contribution is 2.31. The van der Waals surface area contributed by atoms with E-state index in [-0.39, 0.29) is 10.2 Å². The quantitative estimate of drug-likeness (QED) is 0.681. The summed E-state index contributed by atoms with van der Waals surface area (Å²) >= 11 is 2.70. The molecule has 0 amide bonds. The molecule has 1 aromatic heterocycles. The molecule has 0 spiro atoms. The van der Waals surface area contributed by atoms with E-state index in [1.165, 1.54) is 0 Å². The predicted molar refractivity (Wildman–Crippen MR) is 56.5 cm³/mol. The molecule has 18 heavy (non-hydrogen) atoms. The Balaban J connectivity index is 2.60. The lowest BCUT2D eigenvalue weighted by Crippen LogP contribution is -1.96. The first kappa shape index (κ1) is 12.6. The summed E-state index contributed by atoms with van der Waals surface area (Å²) < 4.78 is 43.9. The molecule has 2 rings (SSSR count). The van der Waals surface area contributed by atoms with Gasteiger partial charge in [-0.1, -0.05) is 5.16 Å². The molecule has 0 bridgehead atoms. The number of aromatic carboxylic acids is 1. The van der Waals surface area contributed by atoms with Gasteiger partial charge in [0.1, 0.15) is 0 Å². The van der Waals surface area contributed by atoms with E-state index in [1.54, 1.807) is 0 Å².